The number of hydrogen-bond donors (Lipinski definition) is 1. The van der Waals surface area contributed by atoms with Gasteiger partial charge in [0.1, 0.15) is 0 Å². The summed E-state index contributed by atoms with van der Waals surface area (Å²) in [6.45, 7) is 10.1. The molecule has 4 heteroatoms. The molecule has 0 radical (unpaired) electrons. The van der Waals surface area contributed by atoms with E-state index in [1.54, 1.807) is 0 Å². The highest BCUT2D eigenvalue weighted by Crippen LogP contribution is 2.46. The predicted molar refractivity (Wildman–Crippen MR) is 104 cm³/mol. The Labute approximate surface area is 147 Å². The number of alkyl halides is 2. The number of hydrogen-bond acceptors (Lipinski definition) is 2. The van der Waals surface area contributed by atoms with E-state index in [1.807, 2.05) is 0 Å². The quantitative estimate of drug-likeness (QED) is 0.456. The fourth-order valence-electron chi connectivity index (χ4n) is 3.10. The van der Waals surface area contributed by atoms with Crippen molar-refractivity contribution in [2.24, 2.45) is 16.6 Å². The molecule has 0 saturated heterocycles. The van der Waals surface area contributed by atoms with Gasteiger partial charge >= 0.3 is 0 Å². The minimum atomic E-state index is 0.344. The second kappa shape index (κ2) is 8.73. The second-order valence-electron chi connectivity index (χ2n) is 7.18. The van der Waals surface area contributed by atoms with E-state index in [-0.39, 0.29) is 0 Å². The first kappa shape index (κ1) is 20.4. The first-order valence-electron chi connectivity index (χ1n) is 7.20. The molecule has 116 valence electrons. The van der Waals surface area contributed by atoms with Gasteiger partial charge in [0.05, 0.1) is 1.93 Å². The molecule has 0 aromatic carbocycles. The van der Waals surface area contributed by atoms with Crippen molar-refractivity contribution in [2.45, 2.75) is 61.4 Å². The SMILES string of the molecule is CCC(I)I.CN(C)C1CC(C)(C)CC(C)(CN)C1. The Morgan fingerprint density at radius 3 is 2.00 bits per heavy atom. The molecular formula is C15H32I2N2. The highest BCUT2D eigenvalue weighted by atomic mass is 127. The molecular weight excluding hydrogens is 462 g/mol. The topological polar surface area (TPSA) is 29.3 Å². The average Bonchev–Trinajstić information content (AvgIpc) is 2.27. The summed E-state index contributed by atoms with van der Waals surface area (Å²) in [4.78, 5) is 2.36. The molecule has 19 heavy (non-hydrogen) atoms. The van der Waals surface area contributed by atoms with E-state index in [1.165, 1.54) is 25.7 Å². The second-order valence-corrected chi connectivity index (χ2v) is 12.6. The zero-order valence-electron chi connectivity index (χ0n) is 13.5. The van der Waals surface area contributed by atoms with E-state index in [0.29, 0.717) is 16.9 Å². The molecule has 1 aliphatic carbocycles. The van der Waals surface area contributed by atoms with E-state index in [2.05, 4.69) is 91.9 Å². The van der Waals surface area contributed by atoms with Gasteiger partial charge in [-0.2, -0.15) is 0 Å². The zero-order valence-corrected chi connectivity index (χ0v) is 17.8. The summed E-state index contributed by atoms with van der Waals surface area (Å²) in [6, 6.07) is 0.701. The highest BCUT2D eigenvalue weighted by molar-refractivity contribution is 14.2. The van der Waals surface area contributed by atoms with Crippen LogP contribution in [0.2, 0.25) is 0 Å². The summed E-state index contributed by atoms with van der Waals surface area (Å²) in [7, 11) is 4.37. The summed E-state index contributed by atoms with van der Waals surface area (Å²) in [5, 5.41) is 0. The van der Waals surface area contributed by atoms with Crippen molar-refractivity contribution in [3.63, 3.8) is 0 Å². The lowest BCUT2D eigenvalue weighted by Crippen LogP contribution is -2.47. The summed E-state index contributed by atoms with van der Waals surface area (Å²) in [5.74, 6) is 0. The van der Waals surface area contributed by atoms with E-state index in [0.717, 1.165) is 8.48 Å². The minimum absolute atomic E-state index is 0.344. The summed E-state index contributed by atoms with van der Waals surface area (Å²) >= 11 is 4.79. The Kier molecular flexibility index (Phi) is 9.37. The molecule has 0 aliphatic heterocycles. The Bertz CT molecular complexity index is 255. The summed E-state index contributed by atoms with van der Waals surface area (Å²) in [6.07, 6.45) is 5.09. The maximum atomic E-state index is 5.90. The van der Waals surface area contributed by atoms with Crippen LogP contribution in [0.1, 0.15) is 53.4 Å². The molecule has 2 atom stereocenters. The Morgan fingerprint density at radius 1 is 1.21 bits per heavy atom. The van der Waals surface area contributed by atoms with Crippen LogP contribution in [0.15, 0.2) is 0 Å². The van der Waals surface area contributed by atoms with Crippen LogP contribution in [0.25, 0.3) is 0 Å². The molecule has 0 bridgehead atoms. The smallest absolute Gasteiger partial charge is 0.0624 e. The molecule has 2 N–H and O–H groups in total. The molecule has 0 spiro atoms. The maximum Gasteiger partial charge on any atom is 0.0624 e. The fraction of sp³-hybridized carbons (Fsp3) is 1.00. The molecule has 1 aliphatic rings. The summed E-state index contributed by atoms with van der Waals surface area (Å²) < 4.78 is 0.824. The van der Waals surface area contributed by atoms with Gasteiger partial charge in [0.25, 0.3) is 0 Å². The van der Waals surface area contributed by atoms with Crippen molar-refractivity contribution in [1.82, 2.24) is 4.90 Å². The van der Waals surface area contributed by atoms with Gasteiger partial charge in [0.15, 0.2) is 0 Å². The van der Waals surface area contributed by atoms with Crippen molar-refractivity contribution < 1.29 is 0 Å². The predicted octanol–water partition coefficient (Wildman–Crippen LogP) is 4.68. The maximum absolute atomic E-state index is 5.90. The van der Waals surface area contributed by atoms with Crippen LogP contribution in [0, 0.1) is 10.8 Å². The lowest BCUT2D eigenvalue weighted by atomic mass is 9.62. The average molecular weight is 494 g/mol. The normalized spacial score (nSPS) is 30.2. The first-order chi connectivity index (χ1) is 8.55. The molecule has 0 amide bonds. The lowest BCUT2D eigenvalue weighted by molar-refractivity contribution is 0.0393. The monoisotopic (exact) mass is 494 g/mol. The van der Waals surface area contributed by atoms with Crippen LogP contribution >= 0.6 is 45.2 Å². The van der Waals surface area contributed by atoms with Crippen LogP contribution < -0.4 is 5.73 Å². The number of nitrogens with two attached hydrogens (primary N) is 1. The largest absolute Gasteiger partial charge is 0.330 e. The third kappa shape index (κ3) is 8.41. The standard InChI is InChI=1S/C12H26N2.C3H6I2/c1-11(2)6-10(14(4)5)7-12(3,8-11)9-13;1-2-3(4)5/h10H,6-9,13H2,1-5H3;3H,2H2,1H3. The number of halogens is 2. The third-order valence-corrected chi connectivity index (χ3v) is 5.72. The van der Waals surface area contributed by atoms with Crippen molar-refractivity contribution in [2.75, 3.05) is 20.6 Å². The van der Waals surface area contributed by atoms with Gasteiger partial charge < -0.3 is 10.6 Å². The highest BCUT2D eigenvalue weighted by Gasteiger charge is 2.40. The Morgan fingerprint density at radius 2 is 1.68 bits per heavy atom. The van der Waals surface area contributed by atoms with Crippen LogP contribution in [-0.4, -0.2) is 33.5 Å². The van der Waals surface area contributed by atoms with E-state index in [4.69, 9.17) is 5.73 Å². The van der Waals surface area contributed by atoms with E-state index >= 15 is 0 Å². The first-order valence-corrected chi connectivity index (χ1v) is 9.69. The summed E-state index contributed by atoms with van der Waals surface area (Å²) in [5.41, 5.74) is 6.69. The zero-order chi connectivity index (χ0) is 15.3. The van der Waals surface area contributed by atoms with E-state index < -0.39 is 0 Å². The van der Waals surface area contributed by atoms with Crippen molar-refractivity contribution in [3.8, 4) is 0 Å². The van der Waals surface area contributed by atoms with Crippen LogP contribution in [-0.2, 0) is 0 Å². The van der Waals surface area contributed by atoms with E-state index in [9.17, 15) is 0 Å². The van der Waals surface area contributed by atoms with Crippen LogP contribution in [0.4, 0.5) is 0 Å². The lowest BCUT2D eigenvalue weighted by Gasteiger charge is -2.48. The minimum Gasteiger partial charge on any atom is -0.330 e. The third-order valence-electron chi connectivity index (χ3n) is 3.95. The molecule has 0 heterocycles. The molecule has 1 rings (SSSR count). The van der Waals surface area contributed by atoms with Crippen molar-refractivity contribution in [1.29, 1.82) is 0 Å². The Balaban J connectivity index is 0.000000555. The van der Waals surface area contributed by atoms with Crippen LogP contribution in [0.3, 0.4) is 0 Å². The van der Waals surface area contributed by atoms with Crippen molar-refractivity contribution in [3.05, 3.63) is 0 Å². The molecule has 0 aromatic rings. The van der Waals surface area contributed by atoms with Crippen LogP contribution in [0.5, 0.6) is 0 Å². The number of rotatable bonds is 3. The molecule has 2 unspecified atom stereocenters. The molecule has 0 aromatic heterocycles. The fourth-order valence-corrected chi connectivity index (χ4v) is 3.10. The van der Waals surface area contributed by atoms with Crippen molar-refractivity contribution >= 4 is 45.2 Å². The Hall–Kier alpha value is 1.38. The molecule has 1 fully saturated rings. The van der Waals surface area contributed by atoms with Gasteiger partial charge in [0.2, 0.25) is 0 Å². The van der Waals surface area contributed by atoms with Gasteiger partial charge in [-0.15, -0.1) is 0 Å². The van der Waals surface area contributed by atoms with Gasteiger partial charge in [0, 0.05) is 6.04 Å². The molecule has 1 saturated carbocycles. The van der Waals surface area contributed by atoms with Gasteiger partial charge in [-0.1, -0.05) is 72.9 Å². The van der Waals surface area contributed by atoms with Gasteiger partial charge in [-0.25, -0.2) is 0 Å². The van der Waals surface area contributed by atoms with Gasteiger partial charge in [-0.3, -0.25) is 0 Å². The molecule has 2 nitrogen and oxygen atoms in total. The number of nitrogens with zero attached hydrogens (tertiary/aromatic N) is 1. The van der Waals surface area contributed by atoms with Gasteiger partial charge in [-0.05, 0) is 57.2 Å².